The van der Waals surface area contributed by atoms with Crippen LogP contribution in [0.4, 0.5) is 4.79 Å². The first-order valence-electron chi connectivity index (χ1n) is 7.64. The lowest BCUT2D eigenvalue weighted by atomic mass is 10.1. The van der Waals surface area contributed by atoms with Gasteiger partial charge in [0, 0.05) is 12.1 Å². The number of carbonyl (C=O) groups excluding carboxylic acids is 2. The van der Waals surface area contributed by atoms with Crippen LogP contribution in [0.2, 0.25) is 0 Å². The van der Waals surface area contributed by atoms with E-state index < -0.39 is 5.60 Å². The fourth-order valence-corrected chi connectivity index (χ4v) is 2.44. The van der Waals surface area contributed by atoms with E-state index >= 15 is 0 Å². The van der Waals surface area contributed by atoms with Gasteiger partial charge in [-0.3, -0.25) is 4.79 Å². The van der Waals surface area contributed by atoms with Crippen LogP contribution in [-0.4, -0.2) is 35.0 Å². The molecule has 1 fully saturated rings. The van der Waals surface area contributed by atoms with Crippen molar-refractivity contribution in [3.05, 3.63) is 48.0 Å². The molecule has 1 heterocycles. The predicted octanol–water partition coefficient (Wildman–Crippen LogP) is 3.83. The van der Waals surface area contributed by atoms with E-state index in [2.05, 4.69) is 0 Å². The molecule has 0 N–H and O–H groups in total. The zero-order valence-corrected chi connectivity index (χ0v) is 13.4. The van der Waals surface area contributed by atoms with Gasteiger partial charge in [0.15, 0.2) is 5.78 Å². The second kappa shape index (κ2) is 6.77. The number of likely N-dealkylation sites (tertiary alicyclic amines) is 1. The van der Waals surface area contributed by atoms with Gasteiger partial charge in [0.1, 0.15) is 5.60 Å². The number of rotatable bonds is 3. The molecule has 0 bridgehead atoms. The molecule has 4 nitrogen and oxygen atoms in total. The minimum Gasteiger partial charge on any atom is -0.444 e. The lowest BCUT2D eigenvalue weighted by Crippen LogP contribution is -2.39. The SMILES string of the molecule is CC(C)(C)OC(=O)N1CCCC1/C=C/C(=O)c1ccccc1. The number of benzene rings is 1. The fraction of sp³-hybridized carbons (Fsp3) is 0.444. The van der Waals surface area contributed by atoms with Crippen molar-refractivity contribution in [1.82, 2.24) is 4.90 Å². The second-order valence-corrected chi connectivity index (χ2v) is 6.47. The lowest BCUT2D eigenvalue weighted by molar-refractivity contribution is 0.0255. The summed E-state index contributed by atoms with van der Waals surface area (Å²) >= 11 is 0. The van der Waals surface area contributed by atoms with Crippen LogP contribution in [0.3, 0.4) is 0 Å². The van der Waals surface area contributed by atoms with Crippen LogP contribution in [0.1, 0.15) is 44.0 Å². The van der Waals surface area contributed by atoms with E-state index in [9.17, 15) is 9.59 Å². The Morgan fingerprint density at radius 3 is 2.55 bits per heavy atom. The van der Waals surface area contributed by atoms with Crippen molar-refractivity contribution in [1.29, 1.82) is 0 Å². The molecule has 1 aromatic rings. The summed E-state index contributed by atoms with van der Waals surface area (Å²) in [4.78, 5) is 26.0. The molecular formula is C18H23NO3. The standard InChI is InChI=1S/C18H23NO3/c1-18(2,3)22-17(21)19-13-7-10-15(19)11-12-16(20)14-8-5-4-6-9-14/h4-6,8-9,11-12,15H,7,10,13H2,1-3H3/b12-11+. The van der Waals surface area contributed by atoms with E-state index in [4.69, 9.17) is 4.74 Å². The summed E-state index contributed by atoms with van der Waals surface area (Å²) in [5, 5.41) is 0. The topological polar surface area (TPSA) is 46.6 Å². The van der Waals surface area contributed by atoms with E-state index in [1.165, 1.54) is 0 Å². The van der Waals surface area contributed by atoms with Crippen LogP contribution in [0.5, 0.6) is 0 Å². The summed E-state index contributed by atoms with van der Waals surface area (Å²) in [6.07, 6.45) is 4.84. The molecule has 2 rings (SSSR count). The van der Waals surface area contributed by atoms with E-state index in [1.807, 2.05) is 45.0 Å². The molecule has 0 radical (unpaired) electrons. The molecule has 1 aliphatic heterocycles. The Morgan fingerprint density at radius 2 is 1.91 bits per heavy atom. The molecule has 0 spiro atoms. The Bertz CT molecular complexity index is 557. The largest absolute Gasteiger partial charge is 0.444 e. The highest BCUT2D eigenvalue weighted by Crippen LogP contribution is 2.21. The highest BCUT2D eigenvalue weighted by molar-refractivity contribution is 6.04. The summed E-state index contributed by atoms with van der Waals surface area (Å²) in [6, 6.07) is 9.05. The number of ether oxygens (including phenoxy) is 1. The quantitative estimate of drug-likeness (QED) is 0.630. The smallest absolute Gasteiger partial charge is 0.410 e. The maximum atomic E-state index is 12.2. The molecule has 0 aliphatic carbocycles. The number of allylic oxidation sites excluding steroid dienone is 1. The second-order valence-electron chi connectivity index (χ2n) is 6.47. The first-order chi connectivity index (χ1) is 10.4. The summed E-state index contributed by atoms with van der Waals surface area (Å²) in [5.41, 5.74) is 0.147. The zero-order valence-electron chi connectivity index (χ0n) is 13.4. The number of hydrogen-bond acceptors (Lipinski definition) is 3. The predicted molar refractivity (Wildman–Crippen MR) is 85.9 cm³/mol. The van der Waals surface area contributed by atoms with Crippen molar-refractivity contribution in [2.24, 2.45) is 0 Å². The van der Waals surface area contributed by atoms with Gasteiger partial charge >= 0.3 is 6.09 Å². The maximum Gasteiger partial charge on any atom is 0.410 e. The van der Waals surface area contributed by atoms with E-state index in [0.29, 0.717) is 12.1 Å². The van der Waals surface area contributed by atoms with Gasteiger partial charge in [-0.25, -0.2) is 4.79 Å². The number of amides is 1. The normalized spacial score (nSPS) is 18.7. The summed E-state index contributed by atoms with van der Waals surface area (Å²) in [5.74, 6) is -0.0448. The molecule has 22 heavy (non-hydrogen) atoms. The van der Waals surface area contributed by atoms with Crippen molar-refractivity contribution in [3.8, 4) is 0 Å². The summed E-state index contributed by atoms with van der Waals surface area (Å²) in [7, 11) is 0. The van der Waals surface area contributed by atoms with Crippen molar-refractivity contribution < 1.29 is 14.3 Å². The molecule has 1 unspecified atom stereocenters. The molecule has 1 aromatic carbocycles. The molecule has 0 aromatic heterocycles. The monoisotopic (exact) mass is 301 g/mol. The van der Waals surface area contributed by atoms with Crippen molar-refractivity contribution >= 4 is 11.9 Å². The van der Waals surface area contributed by atoms with Gasteiger partial charge in [-0.05, 0) is 39.7 Å². The van der Waals surface area contributed by atoms with Crippen LogP contribution >= 0.6 is 0 Å². The van der Waals surface area contributed by atoms with Crippen molar-refractivity contribution in [2.45, 2.75) is 45.3 Å². The van der Waals surface area contributed by atoms with Gasteiger partial charge in [0.25, 0.3) is 0 Å². The lowest BCUT2D eigenvalue weighted by Gasteiger charge is -2.27. The van der Waals surface area contributed by atoms with Gasteiger partial charge in [0.2, 0.25) is 0 Å². The van der Waals surface area contributed by atoms with Crippen LogP contribution < -0.4 is 0 Å². The minimum atomic E-state index is -0.506. The van der Waals surface area contributed by atoms with Crippen molar-refractivity contribution in [3.63, 3.8) is 0 Å². The number of nitrogens with zero attached hydrogens (tertiary/aromatic N) is 1. The van der Waals surface area contributed by atoms with Crippen LogP contribution in [0.15, 0.2) is 42.5 Å². The van der Waals surface area contributed by atoms with Crippen LogP contribution in [0.25, 0.3) is 0 Å². The molecule has 1 amide bonds. The highest BCUT2D eigenvalue weighted by Gasteiger charge is 2.30. The van der Waals surface area contributed by atoms with Gasteiger partial charge in [-0.2, -0.15) is 0 Å². The molecule has 1 atom stereocenters. The Morgan fingerprint density at radius 1 is 1.23 bits per heavy atom. The van der Waals surface area contributed by atoms with E-state index in [0.717, 1.165) is 12.8 Å². The zero-order chi connectivity index (χ0) is 16.2. The van der Waals surface area contributed by atoms with Gasteiger partial charge in [0.05, 0.1) is 6.04 Å². The first kappa shape index (κ1) is 16.3. The average molecular weight is 301 g/mol. The molecule has 1 saturated heterocycles. The molecule has 118 valence electrons. The molecular weight excluding hydrogens is 278 g/mol. The Labute approximate surface area is 131 Å². The molecule has 4 heteroatoms. The van der Waals surface area contributed by atoms with Crippen LogP contribution in [-0.2, 0) is 4.74 Å². The van der Waals surface area contributed by atoms with Gasteiger partial charge in [-0.15, -0.1) is 0 Å². The maximum absolute atomic E-state index is 12.2. The number of ketones is 1. The third kappa shape index (κ3) is 4.45. The Kier molecular flexibility index (Phi) is 5.01. The van der Waals surface area contributed by atoms with E-state index in [-0.39, 0.29) is 17.9 Å². The minimum absolute atomic E-state index is 0.0448. The first-order valence-corrected chi connectivity index (χ1v) is 7.64. The fourth-order valence-electron chi connectivity index (χ4n) is 2.44. The van der Waals surface area contributed by atoms with Crippen molar-refractivity contribution in [2.75, 3.05) is 6.54 Å². The molecule has 0 saturated carbocycles. The Balaban J connectivity index is 2.00. The van der Waals surface area contributed by atoms with E-state index in [1.54, 1.807) is 23.1 Å². The highest BCUT2D eigenvalue weighted by atomic mass is 16.6. The average Bonchev–Trinajstić information content (AvgIpc) is 2.92. The summed E-state index contributed by atoms with van der Waals surface area (Å²) < 4.78 is 5.41. The van der Waals surface area contributed by atoms with Gasteiger partial charge < -0.3 is 9.64 Å². The number of hydrogen-bond donors (Lipinski definition) is 0. The third-order valence-electron chi connectivity index (χ3n) is 3.46. The number of carbonyl (C=O) groups is 2. The molecule has 1 aliphatic rings. The Hall–Kier alpha value is -2.10. The van der Waals surface area contributed by atoms with Crippen LogP contribution in [0, 0.1) is 0 Å². The summed E-state index contributed by atoms with van der Waals surface area (Å²) in [6.45, 7) is 6.23. The van der Waals surface area contributed by atoms with Gasteiger partial charge in [-0.1, -0.05) is 36.4 Å². The third-order valence-corrected chi connectivity index (χ3v) is 3.46.